The van der Waals surface area contributed by atoms with Crippen LogP contribution in [-0.2, 0) is 9.59 Å². The lowest BCUT2D eigenvalue weighted by atomic mass is 10.5. The molecule has 0 heterocycles. The molecule has 0 spiro atoms. The van der Waals surface area contributed by atoms with Crippen LogP contribution < -0.4 is 5.73 Å². The SMILES string of the molecule is [N]C(=O)/C(Cl)=C(/Cl)C=O. The van der Waals surface area contributed by atoms with Gasteiger partial charge in [-0.3, -0.25) is 9.59 Å². The Bertz CT molecular complexity index is 175. The molecular formula is C4HCl2NO2. The first-order valence-corrected chi connectivity index (χ1v) is 2.59. The third-order valence-corrected chi connectivity index (χ3v) is 1.24. The molecule has 1 amide bonds. The zero-order valence-corrected chi connectivity index (χ0v) is 5.61. The molecule has 48 valence electrons. The van der Waals surface area contributed by atoms with Crippen molar-refractivity contribution in [3.63, 3.8) is 0 Å². The van der Waals surface area contributed by atoms with E-state index in [0.29, 0.717) is 0 Å². The van der Waals surface area contributed by atoms with Crippen molar-refractivity contribution in [3.8, 4) is 0 Å². The number of carbonyl (C=O) groups is 2. The van der Waals surface area contributed by atoms with E-state index in [1.165, 1.54) is 0 Å². The summed E-state index contributed by atoms with van der Waals surface area (Å²) >= 11 is 9.99. The number of aldehydes is 1. The van der Waals surface area contributed by atoms with E-state index in [0.717, 1.165) is 0 Å². The topological polar surface area (TPSA) is 56.4 Å². The van der Waals surface area contributed by atoms with Gasteiger partial charge in [-0.15, -0.1) is 5.73 Å². The molecule has 0 fully saturated rings. The van der Waals surface area contributed by atoms with Gasteiger partial charge < -0.3 is 0 Å². The summed E-state index contributed by atoms with van der Waals surface area (Å²) in [7, 11) is 0. The second-order valence-corrected chi connectivity index (χ2v) is 1.87. The van der Waals surface area contributed by atoms with Gasteiger partial charge in [-0.2, -0.15) is 0 Å². The van der Waals surface area contributed by atoms with Gasteiger partial charge in [0, 0.05) is 0 Å². The maximum Gasteiger partial charge on any atom is 0.308 e. The van der Waals surface area contributed by atoms with E-state index in [4.69, 9.17) is 28.9 Å². The molecule has 0 N–H and O–H groups in total. The van der Waals surface area contributed by atoms with Crippen molar-refractivity contribution in [1.82, 2.24) is 5.73 Å². The zero-order valence-electron chi connectivity index (χ0n) is 4.10. The molecule has 0 saturated carbocycles. The maximum atomic E-state index is 9.87. The standard InChI is InChI=1S/C4HCl2NO2/c5-2(1-8)3(6)4(7)9/h1H/b3-2-. The lowest BCUT2D eigenvalue weighted by molar-refractivity contribution is -0.115. The predicted molar refractivity (Wildman–Crippen MR) is 31.9 cm³/mol. The van der Waals surface area contributed by atoms with E-state index in [2.05, 4.69) is 0 Å². The maximum absolute atomic E-state index is 9.87. The largest absolute Gasteiger partial charge is 0.308 e. The number of amides is 1. The number of hydrogen-bond acceptors (Lipinski definition) is 2. The number of nitrogens with zero attached hydrogens (tertiary/aromatic N) is 1. The Balaban J connectivity index is 4.47. The van der Waals surface area contributed by atoms with E-state index in [1.54, 1.807) is 0 Å². The molecule has 9 heavy (non-hydrogen) atoms. The molecule has 0 bridgehead atoms. The number of allylic oxidation sites excluding steroid dienone is 1. The van der Waals surface area contributed by atoms with Crippen LogP contribution in [0.1, 0.15) is 0 Å². The Morgan fingerprint density at radius 1 is 1.44 bits per heavy atom. The smallest absolute Gasteiger partial charge is 0.297 e. The van der Waals surface area contributed by atoms with Crippen LogP contribution in [0.15, 0.2) is 10.1 Å². The number of hydrogen-bond donors (Lipinski definition) is 0. The van der Waals surface area contributed by atoms with Gasteiger partial charge in [-0.1, -0.05) is 23.2 Å². The van der Waals surface area contributed by atoms with Crippen molar-refractivity contribution in [2.24, 2.45) is 0 Å². The van der Waals surface area contributed by atoms with E-state index in [-0.39, 0.29) is 6.29 Å². The van der Waals surface area contributed by atoms with Crippen LogP contribution in [0.3, 0.4) is 0 Å². The average Bonchev–Trinajstić information content (AvgIpc) is 1.84. The molecule has 2 radical (unpaired) electrons. The monoisotopic (exact) mass is 165 g/mol. The van der Waals surface area contributed by atoms with E-state index >= 15 is 0 Å². The van der Waals surface area contributed by atoms with Crippen LogP contribution in [-0.4, -0.2) is 12.2 Å². The number of halogens is 2. The fourth-order valence-corrected chi connectivity index (χ4v) is 0.279. The highest BCUT2D eigenvalue weighted by Crippen LogP contribution is 2.10. The van der Waals surface area contributed by atoms with E-state index < -0.39 is 16.0 Å². The molecule has 0 aliphatic rings. The Morgan fingerprint density at radius 3 is 2.00 bits per heavy atom. The molecule has 0 aromatic heterocycles. The van der Waals surface area contributed by atoms with Crippen molar-refractivity contribution >= 4 is 35.4 Å². The van der Waals surface area contributed by atoms with Crippen LogP contribution in [0.2, 0.25) is 0 Å². The van der Waals surface area contributed by atoms with E-state index in [1.807, 2.05) is 0 Å². The van der Waals surface area contributed by atoms with Gasteiger partial charge in [-0.05, 0) is 0 Å². The van der Waals surface area contributed by atoms with Gasteiger partial charge in [0.15, 0.2) is 6.29 Å². The number of rotatable bonds is 2. The summed E-state index contributed by atoms with van der Waals surface area (Å²) < 4.78 is 0. The minimum atomic E-state index is -1.41. The number of carbonyl (C=O) groups excluding carboxylic acids is 2. The van der Waals surface area contributed by atoms with Crippen molar-refractivity contribution in [2.45, 2.75) is 0 Å². The molecule has 5 heteroatoms. The Hall–Kier alpha value is -0.540. The molecule has 3 nitrogen and oxygen atoms in total. The summed E-state index contributed by atoms with van der Waals surface area (Å²) in [4.78, 5) is 19.6. The van der Waals surface area contributed by atoms with Crippen LogP contribution in [0, 0.1) is 0 Å². The fraction of sp³-hybridized carbons (Fsp3) is 0. The van der Waals surface area contributed by atoms with Gasteiger partial charge >= 0.3 is 5.91 Å². The predicted octanol–water partition coefficient (Wildman–Crippen LogP) is 0.470. The second kappa shape index (κ2) is 3.48. The third kappa shape index (κ3) is 2.49. The van der Waals surface area contributed by atoms with Gasteiger partial charge in [0.2, 0.25) is 0 Å². The van der Waals surface area contributed by atoms with Crippen molar-refractivity contribution in [2.75, 3.05) is 0 Å². The van der Waals surface area contributed by atoms with Gasteiger partial charge in [0.05, 0.1) is 0 Å². The minimum absolute atomic E-state index is 0.165. The first kappa shape index (κ1) is 8.46. The van der Waals surface area contributed by atoms with Gasteiger partial charge in [-0.25, -0.2) is 0 Å². The lowest BCUT2D eigenvalue weighted by Crippen LogP contribution is -1.98. The first-order valence-electron chi connectivity index (χ1n) is 1.83. The van der Waals surface area contributed by atoms with Crippen molar-refractivity contribution in [3.05, 3.63) is 10.1 Å². The van der Waals surface area contributed by atoms with Crippen LogP contribution in [0.4, 0.5) is 0 Å². The summed E-state index contributed by atoms with van der Waals surface area (Å²) in [5.74, 6) is -1.41. The Labute approximate surface area is 61.4 Å². The summed E-state index contributed by atoms with van der Waals surface area (Å²) in [5.41, 5.74) is 8.05. The molecule has 0 aromatic rings. The molecule has 0 aliphatic carbocycles. The summed E-state index contributed by atoms with van der Waals surface area (Å²) in [6.07, 6.45) is 0.165. The molecular weight excluding hydrogens is 165 g/mol. The Kier molecular flexibility index (Phi) is 3.27. The quantitative estimate of drug-likeness (QED) is 0.442. The summed E-state index contributed by atoms with van der Waals surface area (Å²) in [5, 5.41) is -1.16. The third-order valence-electron chi connectivity index (χ3n) is 0.501. The first-order chi connectivity index (χ1) is 4.09. The van der Waals surface area contributed by atoms with Gasteiger partial charge in [0.1, 0.15) is 10.1 Å². The van der Waals surface area contributed by atoms with Crippen LogP contribution in [0.25, 0.3) is 0 Å². The van der Waals surface area contributed by atoms with E-state index in [9.17, 15) is 9.59 Å². The van der Waals surface area contributed by atoms with Crippen LogP contribution >= 0.6 is 23.2 Å². The van der Waals surface area contributed by atoms with Crippen LogP contribution in [0.5, 0.6) is 0 Å². The molecule has 0 saturated heterocycles. The second-order valence-electron chi connectivity index (χ2n) is 1.08. The molecule has 0 aromatic carbocycles. The highest BCUT2D eigenvalue weighted by molar-refractivity contribution is 6.51. The normalized spacial score (nSPS) is 12.2. The highest BCUT2D eigenvalue weighted by Gasteiger charge is 2.07. The molecule has 0 rings (SSSR count). The van der Waals surface area contributed by atoms with Crippen molar-refractivity contribution < 1.29 is 9.59 Å². The zero-order chi connectivity index (χ0) is 7.44. The molecule has 0 unspecified atom stereocenters. The highest BCUT2D eigenvalue weighted by atomic mass is 35.5. The lowest BCUT2D eigenvalue weighted by Gasteiger charge is -1.85. The molecule has 0 aliphatic heterocycles. The molecule has 0 atom stereocenters. The van der Waals surface area contributed by atoms with Crippen molar-refractivity contribution in [1.29, 1.82) is 0 Å². The van der Waals surface area contributed by atoms with Gasteiger partial charge in [0.25, 0.3) is 0 Å². The average molecular weight is 166 g/mol. The summed E-state index contributed by atoms with van der Waals surface area (Å²) in [6.45, 7) is 0. The Morgan fingerprint density at radius 2 is 1.89 bits per heavy atom. The summed E-state index contributed by atoms with van der Waals surface area (Å²) in [6, 6.07) is 0. The fourth-order valence-electron chi connectivity index (χ4n) is 0.154. The minimum Gasteiger partial charge on any atom is -0.297 e.